The molecule has 0 radical (unpaired) electrons. The standard InChI is InChI=1S/C12H21N3/c1-12(2,3)6-5-10(13-4)11-9-14-7-8-15-11/h7-10,13H,5-6H2,1-4H3. The highest BCUT2D eigenvalue weighted by molar-refractivity contribution is 5.01. The van der Waals surface area contributed by atoms with Gasteiger partial charge in [0.15, 0.2) is 0 Å². The Balaban J connectivity index is 2.58. The van der Waals surface area contributed by atoms with Gasteiger partial charge in [-0.15, -0.1) is 0 Å². The maximum absolute atomic E-state index is 4.33. The second-order valence-corrected chi connectivity index (χ2v) is 5.07. The van der Waals surface area contributed by atoms with Gasteiger partial charge in [-0.05, 0) is 25.3 Å². The molecule has 84 valence electrons. The van der Waals surface area contributed by atoms with Crippen molar-refractivity contribution < 1.29 is 0 Å². The Bertz CT molecular complexity index is 277. The van der Waals surface area contributed by atoms with Crippen molar-refractivity contribution in [3.05, 3.63) is 24.3 Å². The molecule has 0 saturated heterocycles. The van der Waals surface area contributed by atoms with Crippen LogP contribution < -0.4 is 5.32 Å². The van der Waals surface area contributed by atoms with Gasteiger partial charge in [0.25, 0.3) is 0 Å². The maximum Gasteiger partial charge on any atom is 0.0755 e. The molecule has 0 saturated carbocycles. The van der Waals surface area contributed by atoms with E-state index in [1.807, 2.05) is 13.2 Å². The summed E-state index contributed by atoms with van der Waals surface area (Å²) in [6, 6.07) is 0.318. The zero-order valence-electron chi connectivity index (χ0n) is 10.1. The van der Waals surface area contributed by atoms with E-state index in [-0.39, 0.29) is 0 Å². The third kappa shape index (κ3) is 4.38. The lowest BCUT2D eigenvalue weighted by molar-refractivity contribution is 0.336. The lowest BCUT2D eigenvalue weighted by Crippen LogP contribution is -2.20. The normalized spacial score (nSPS) is 13.9. The molecular weight excluding hydrogens is 186 g/mol. The first-order chi connectivity index (χ1) is 7.03. The summed E-state index contributed by atoms with van der Waals surface area (Å²) in [5.41, 5.74) is 1.40. The number of hydrogen-bond acceptors (Lipinski definition) is 3. The fourth-order valence-corrected chi connectivity index (χ4v) is 1.51. The van der Waals surface area contributed by atoms with Crippen LogP contribution in [0.2, 0.25) is 0 Å². The van der Waals surface area contributed by atoms with Crippen LogP contribution in [-0.4, -0.2) is 17.0 Å². The van der Waals surface area contributed by atoms with Crippen molar-refractivity contribution in [3.8, 4) is 0 Å². The van der Waals surface area contributed by atoms with E-state index in [2.05, 4.69) is 36.1 Å². The molecule has 1 aromatic heterocycles. The minimum atomic E-state index is 0.318. The number of nitrogens with zero attached hydrogens (tertiary/aromatic N) is 2. The van der Waals surface area contributed by atoms with Gasteiger partial charge in [-0.1, -0.05) is 20.8 Å². The molecular formula is C12H21N3. The van der Waals surface area contributed by atoms with E-state index in [4.69, 9.17) is 0 Å². The van der Waals surface area contributed by atoms with Crippen LogP contribution in [0.4, 0.5) is 0 Å². The van der Waals surface area contributed by atoms with E-state index in [0.717, 1.165) is 12.1 Å². The van der Waals surface area contributed by atoms with Gasteiger partial charge >= 0.3 is 0 Å². The topological polar surface area (TPSA) is 37.8 Å². The van der Waals surface area contributed by atoms with Crippen LogP contribution in [-0.2, 0) is 0 Å². The molecule has 1 aromatic rings. The zero-order chi connectivity index (χ0) is 11.3. The highest BCUT2D eigenvalue weighted by Gasteiger charge is 2.16. The monoisotopic (exact) mass is 207 g/mol. The first-order valence-electron chi connectivity index (χ1n) is 5.46. The summed E-state index contributed by atoms with van der Waals surface area (Å²) in [6.07, 6.45) is 7.56. The third-order valence-corrected chi connectivity index (χ3v) is 2.47. The smallest absolute Gasteiger partial charge is 0.0755 e. The van der Waals surface area contributed by atoms with Gasteiger partial charge in [-0.2, -0.15) is 0 Å². The van der Waals surface area contributed by atoms with Crippen LogP contribution in [0.3, 0.4) is 0 Å². The first-order valence-corrected chi connectivity index (χ1v) is 5.46. The van der Waals surface area contributed by atoms with Gasteiger partial charge in [0.2, 0.25) is 0 Å². The Kier molecular flexibility index (Phi) is 4.21. The Morgan fingerprint density at radius 2 is 2.07 bits per heavy atom. The van der Waals surface area contributed by atoms with E-state index in [1.54, 1.807) is 12.4 Å². The first kappa shape index (κ1) is 12.1. The van der Waals surface area contributed by atoms with Crippen molar-refractivity contribution in [2.45, 2.75) is 39.7 Å². The van der Waals surface area contributed by atoms with Crippen molar-refractivity contribution in [2.24, 2.45) is 5.41 Å². The predicted molar refractivity (Wildman–Crippen MR) is 62.5 cm³/mol. The van der Waals surface area contributed by atoms with Crippen LogP contribution in [0, 0.1) is 5.41 Å². The van der Waals surface area contributed by atoms with Crippen molar-refractivity contribution in [1.82, 2.24) is 15.3 Å². The Morgan fingerprint density at radius 1 is 1.33 bits per heavy atom. The SMILES string of the molecule is CNC(CCC(C)(C)C)c1cnccn1. The largest absolute Gasteiger partial charge is 0.312 e. The van der Waals surface area contributed by atoms with Gasteiger partial charge in [0.1, 0.15) is 0 Å². The fraction of sp³-hybridized carbons (Fsp3) is 0.667. The van der Waals surface area contributed by atoms with Gasteiger partial charge in [0.05, 0.1) is 11.7 Å². The minimum absolute atomic E-state index is 0.318. The molecule has 1 unspecified atom stereocenters. The number of nitrogens with one attached hydrogen (secondary N) is 1. The van der Waals surface area contributed by atoms with Gasteiger partial charge in [-0.3, -0.25) is 9.97 Å². The Labute approximate surface area is 92.3 Å². The van der Waals surface area contributed by atoms with Crippen molar-refractivity contribution in [3.63, 3.8) is 0 Å². The number of hydrogen-bond donors (Lipinski definition) is 1. The highest BCUT2D eigenvalue weighted by Crippen LogP contribution is 2.25. The molecule has 0 bridgehead atoms. The van der Waals surface area contributed by atoms with E-state index < -0.39 is 0 Å². The Hall–Kier alpha value is -0.960. The quantitative estimate of drug-likeness (QED) is 0.824. The van der Waals surface area contributed by atoms with Crippen LogP contribution >= 0.6 is 0 Å². The molecule has 1 N–H and O–H groups in total. The lowest BCUT2D eigenvalue weighted by atomic mass is 9.88. The van der Waals surface area contributed by atoms with E-state index in [9.17, 15) is 0 Å². The zero-order valence-corrected chi connectivity index (χ0v) is 10.1. The summed E-state index contributed by atoms with van der Waals surface area (Å²) in [7, 11) is 1.97. The summed E-state index contributed by atoms with van der Waals surface area (Å²) >= 11 is 0. The third-order valence-electron chi connectivity index (χ3n) is 2.47. The minimum Gasteiger partial charge on any atom is -0.312 e. The molecule has 3 nitrogen and oxygen atoms in total. The van der Waals surface area contributed by atoms with Crippen LogP contribution in [0.25, 0.3) is 0 Å². The fourth-order valence-electron chi connectivity index (χ4n) is 1.51. The van der Waals surface area contributed by atoms with E-state index in [1.165, 1.54) is 6.42 Å². The molecule has 15 heavy (non-hydrogen) atoms. The van der Waals surface area contributed by atoms with Crippen LogP contribution in [0.15, 0.2) is 18.6 Å². The van der Waals surface area contributed by atoms with E-state index >= 15 is 0 Å². The van der Waals surface area contributed by atoms with E-state index in [0.29, 0.717) is 11.5 Å². The average Bonchev–Trinajstić information content (AvgIpc) is 2.19. The summed E-state index contributed by atoms with van der Waals surface area (Å²) in [4.78, 5) is 8.42. The molecule has 0 fully saturated rings. The van der Waals surface area contributed by atoms with Gasteiger partial charge in [0, 0.05) is 18.6 Å². The summed E-state index contributed by atoms with van der Waals surface area (Å²) < 4.78 is 0. The van der Waals surface area contributed by atoms with Gasteiger partial charge in [-0.25, -0.2) is 0 Å². The molecule has 0 aromatic carbocycles. The number of aromatic nitrogens is 2. The summed E-state index contributed by atoms with van der Waals surface area (Å²) in [5.74, 6) is 0. The molecule has 0 spiro atoms. The molecule has 0 aliphatic rings. The van der Waals surface area contributed by atoms with Crippen LogP contribution in [0.5, 0.6) is 0 Å². The van der Waals surface area contributed by atoms with Crippen LogP contribution in [0.1, 0.15) is 45.3 Å². The maximum atomic E-state index is 4.33. The highest BCUT2D eigenvalue weighted by atomic mass is 14.9. The number of rotatable bonds is 4. The van der Waals surface area contributed by atoms with Crippen molar-refractivity contribution in [2.75, 3.05) is 7.05 Å². The predicted octanol–water partition coefficient (Wildman–Crippen LogP) is 2.56. The van der Waals surface area contributed by atoms with Crippen molar-refractivity contribution >= 4 is 0 Å². The second-order valence-electron chi connectivity index (χ2n) is 5.07. The molecule has 0 aliphatic heterocycles. The summed E-state index contributed by atoms with van der Waals surface area (Å²) in [6.45, 7) is 6.78. The lowest BCUT2D eigenvalue weighted by Gasteiger charge is -2.22. The van der Waals surface area contributed by atoms with Crippen molar-refractivity contribution in [1.29, 1.82) is 0 Å². The average molecular weight is 207 g/mol. The molecule has 1 rings (SSSR count). The molecule has 1 heterocycles. The summed E-state index contributed by atoms with van der Waals surface area (Å²) in [5, 5.41) is 3.29. The molecule has 3 heteroatoms. The second kappa shape index (κ2) is 5.21. The molecule has 0 amide bonds. The molecule has 0 aliphatic carbocycles. The van der Waals surface area contributed by atoms with Gasteiger partial charge < -0.3 is 5.32 Å². The molecule has 1 atom stereocenters. The Morgan fingerprint density at radius 3 is 2.53 bits per heavy atom.